The lowest BCUT2D eigenvalue weighted by Gasteiger charge is -2.12. The van der Waals surface area contributed by atoms with Crippen LogP contribution < -0.4 is 11.3 Å². The first-order chi connectivity index (χ1) is 7.22. The molecule has 0 radical (unpaired) electrons. The van der Waals surface area contributed by atoms with E-state index in [-0.39, 0.29) is 6.04 Å². The Labute approximate surface area is 105 Å². The minimum absolute atomic E-state index is 0.0954. The number of aryl methyl sites for hydroxylation is 1. The van der Waals surface area contributed by atoms with Gasteiger partial charge in [-0.05, 0) is 46.4 Å². The van der Waals surface area contributed by atoms with Crippen molar-refractivity contribution in [2.45, 2.75) is 13.0 Å². The average Bonchev–Trinajstić information content (AvgIpc) is 2.79. The monoisotopic (exact) mass is 302 g/mol. The number of hydrogen-bond acceptors (Lipinski definition) is 4. The van der Waals surface area contributed by atoms with Gasteiger partial charge in [-0.1, -0.05) is 0 Å². The van der Waals surface area contributed by atoms with Crippen LogP contribution in [-0.4, -0.2) is 0 Å². The van der Waals surface area contributed by atoms with Crippen LogP contribution in [0.5, 0.6) is 0 Å². The average molecular weight is 303 g/mol. The number of nitrogens with two attached hydrogens (primary N) is 1. The molecule has 0 fully saturated rings. The highest BCUT2D eigenvalue weighted by atomic mass is 79.9. The zero-order valence-corrected chi connectivity index (χ0v) is 11.4. The molecule has 2 nitrogen and oxygen atoms in total. The van der Waals surface area contributed by atoms with Crippen LogP contribution in [0.25, 0.3) is 0 Å². The summed E-state index contributed by atoms with van der Waals surface area (Å²) in [6.07, 6.45) is 0. The Bertz CT molecular complexity index is 450. The van der Waals surface area contributed by atoms with Crippen molar-refractivity contribution in [1.29, 1.82) is 0 Å². The first-order valence-corrected chi connectivity index (χ1v) is 6.96. The first kappa shape index (κ1) is 11.3. The van der Waals surface area contributed by atoms with Gasteiger partial charge >= 0.3 is 0 Å². The van der Waals surface area contributed by atoms with Crippen molar-refractivity contribution in [2.75, 3.05) is 0 Å². The molecule has 0 aliphatic heterocycles. The van der Waals surface area contributed by atoms with Gasteiger partial charge in [0.2, 0.25) is 0 Å². The van der Waals surface area contributed by atoms with Crippen LogP contribution in [0.4, 0.5) is 0 Å². The van der Waals surface area contributed by atoms with E-state index in [0.29, 0.717) is 0 Å². The summed E-state index contributed by atoms with van der Waals surface area (Å²) in [6.45, 7) is 2.10. The van der Waals surface area contributed by atoms with Crippen LogP contribution in [0.2, 0.25) is 0 Å². The van der Waals surface area contributed by atoms with E-state index < -0.39 is 0 Å². The molecule has 0 amide bonds. The number of halogens is 1. The first-order valence-electron chi connectivity index (χ1n) is 4.47. The lowest BCUT2D eigenvalue weighted by atomic mass is 10.2. The number of rotatable bonds is 3. The van der Waals surface area contributed by atoms with Crippen molar-refractivity contribution in [3.05, 3.63) is 42.7 Å². The molecule has 1 atom stereocenters. The summed E-state index contributed by atoms with van der Waals surface area (Å²) < 4.78 is 1.11. The van der Waals surface area contributed by atoms with Gasteiger partial charge in [0.25, 0.3) is 0 Å². The topological polar surface area (TPSA) is 38.0 Å². The number of thiophene rings is 2. The minimum atomic E-state index is 0.0954. The second-order valence-corrected chi connectivity index (χ2v) is 6.30. The Morgan fingerprint density at radius 1 is 1.40 bits per heavy atom. The standard InChI is InChI=1S/C10H11BrN2S2/c1-6-2-3-8(15-6)9(13-12)10-7(11)4-5-14-10/h2-5,9,13H,12H2,1H3. The number of nitrogens with one attached hydrogen (secondary N) is 1. The summed E-state index contributed by atoms with van der Waals surface area (Å²) in [4.78, 5) is 3.77. The van der Waals surface area contributed by atoms with Crippen molar-refractivity contribution < 1.29 is 0 Å². The van der Waals surface area contributed by atoms with E-state index in [1.165, 1.54) is 14.6 Å². The third-order valence-electron chi connectivity index (χ3n) is 2.12. The van der Waals surface area contributed by atoms with Gasteiger partial charge in [-0.15, -0.1) is 22.7 Å². The van der Waals surface area contributed by atoms with Crippen molar-refractivity contribution >= 4 is 38.6 Å². The van der Waals surface area contributed by atoms with Crippen molar-refractivity contribution in [2.24, 2.45) is 5.84 Å². The minimum Gasteiger partial charge on any atom is -0.271 e. The third-order valence-corrected chi connectivity index (χ3v) is 5.12. The van der Waals surface area contributed by atoms with Crippen LogP contribution in [-0.2, 0) is 0 Å². The van der Waals surface area contributed by atoms with Gasteiger partial charge in [0, 0.05) is 19.1 Å². The van der Waals surface area contributed by atoms with Crippen LogP contribution in [0.1, 0.15) is 20.7 Å². The van der Waals surface area contributed by atoms with Gasteiger partial charge in [0.1, 0.15) is 0 Å². The van der Waals surface area contributed by atoms with Gasteiger partial charge < -0.3 is 0 Å². The summed E-state index contributed by atoms with van der Waals surface area (Å²) in [5, 5.41) is 2.06. The van der Waals surface area contributed by atoms with Crippen LogP contribution >= 0.6 is 38.6 Å². The Morgan fingerprint density at radius 3 is 2.67 bits per heavy atom. The fraction of sp³-hybridized carbons (Fsp3) is 0.200. The molecule has 2 heterocycles. The Morgan fingerprint density at radius 2 is 2.20 bits per heavy atom. The van der Waals surface area contributed by atoms with Gasteiger partial charge in [-0.3, -0.25) is 5.84 Å². The molecule has 80 valence electrons. The molecule has 0 saturated heterocycles. The zero-order chi connectivity index (χ0) is 10.8. The summed E-state index contributed by atoms with van der Waals surface area (Å²) in [5.74, 6) is 5.62. The molecule has 15 heavy (non-hydrogen) atoms. The van der Waals surface area contributed by atoms with Crippen LogP contribution in [0, 0.1) is 6.92 Å². The Balaban J connectivity index is 2.36. The molecule has 0 aromatic carbocycles. The normalized spacial score (nSPS) is 13.0. The molecule has 2 rings (SSSR count). The van der Waals surface area contributed by atoms with Gasteiger partial charge in [-0.2, -0.15) is 0 Å². The zero-order valence-electron chi connectivity index (χ0n) is 8.16. The van der Waals surface area contributed by atoms with E-state index in [9.17, 15) is 0 Å². The molecule has 0 saturated carbocycles. The number of hydrogen-bond donors (Lipinski definition) is 2. The molecule has 5 heteroatoms. The molecule has 2 aromatic rings. The quantitative estimate of drug-likeness (QED) is 0.673. The van der Waals surface area contributed by atoms with Gasteiger partial charge in [0.15, 0.2) is 0 Å². The van der Waals surface area contributed by atoms with Crippen molar-refractivity contribution in [1.82, 2.24) is 5.43 Å². The summed E-state index contributed by atoms with van der Waals surface area (Å²) in [7, 11) is 0. The molecule has 1 unspecified atom stereocenters. The van der Waals surface area contributed by atoms with E-state index in [4.69, 9.17) is 5.84 Å². The van der Waals surface area contributed by atoms with Gasteiger partial charge in [0.05, 0.1) is 6.04 Å². The second kappa shape index (κ2) is 4.76. The van der Waals surface area contributed by atoms with E-state index in [0.717, 1.165) is 4.47 Å². The molecule has 0 aliphatic rings. The maximum Gasteiger partial charge on any atom is 0.0905 e. The fourth-order valence-corrected chi connectivity index (χ4v) is 4.11. The molecule has 0 aliphatic carbocycles. The molecule has 0 spiro atoms. The summed E-state index contributed by atoms with van der Waals surface area (Å²) in [5.41, 5.74) is 2.87. The molecular formula is C10H11BrN2S2. The van der Waals surface area contributed by atoms with Crippen molar-refractivity contribution in [3.8, 4) is 0 Å². The van der Waals surface area contributed by atoms with E-state index >= 15 is 0 Å². The largest absolute Gasteiger partial charge is 0.271 e. The predicted octanol–water partition coefficient (Wildman–Crippen LogP) is 3.43. The molecule has 0 bridgehead atoms. The highest BCUT2D eigenvalue weighted by Gasteiger charge is 2.17. The van der Waals surface area contributed by atoms with Gasteiger partial charge in [-0.25, -0.2) is 5.43 Å². The Kier molecular flexibility index (Phi) is 3.58. The molecular weight excluding hydrogens is 292 g/mol. The van der Waals surface area contributed by atoms with E-state index in [1.807, 2.05) is 6.07 Å². The maximum absolute atomic E-state index is 5.62. The lowest BCUT2D eigenvalue weighted by Crippen LogP contribution is -2.27. The van der Waals surface area contributed by atoms with Crippen LogP contribution in [0.3, 0.4) is 0 Å². The highest BCUT2D eigenvalue weighted by Crippen LogP contribution is 2.35. The molecule has 3 N–H and O–H groups in total. The SMILES string of the molecule is Cc1ccc(C(NN)c2sccc2Br)s1. The molecule has 2 aromatic heterocycles. The Hall–Kier alpha value is -0.200. The lowest BCUT2D eigenvalue weighted by molar-refractivity contribution is 0.654. The third kappa shape index (κ3) is 2.32. The fourth-order valence-electron chi connectivity index (χ4n) is 1.41. The van der Waals surface area contributed by atoms with Crippen molar-refractivity contribution in [3.63, 3.8) is 0 Å². The van der Waals surface area contributed by atoms with Crippen LogP contribution in [0.15, 0.2) is 28.1 Å². The highest BCUT2D eigenvalue weighted by molar-refractivity contribution is 9.10. The smallest absolute Gasteiger partial charge is 0.0905 e. The second-order valence-electron chi connectivity index (χ2n) is 3.18. The maximum atomic E-state index is 5.62. The summed E-state index contributed by atoms with van der Waals surface area (Å²) >= 11 is 7.01. The van der Waals surface area contributed by atoms with E-state index in [2.05, 4.69) is 45.8 Å². The summed E-state index contributed by atoms with van der Waals surface area (Å²) in [6, 6.07) is 6.38. The van der Waals surface area contributed by atoms with E-state index in [1.54, 1.807) is 22.7 Å². The number of hydrazine groups is 1. The predicted molar refractivity (Wildman–Crippen MR) is 70.2 cm³/mol.